The number of pyridine rings is 2. The number of benzene rings is 1. The number of nitrogen functional groups attached to an aromatic ring is 1. The molecule has 4 heterocycles. The SMILES string of the molecule is Cc1ncc(N(Cc2ccc3c4c(c(N)nc3c2)COC4)C(=O)c2ccc(C(F)(F)F)nc2)c(C)n1. The van der Waals surface area contributed by atoms with E-state index < -0.39 is 17.8 Å². The molecule has 1 amide bonds. The third kappa shape index (κ3) is 4.33. The average molecular weight is 494 g/mol. The highest BCUT2D eigenvalue weighted by Gasteiger charge is 2.32. The van der Waals surface area contributed by atoms with E-state index in [2.05, 4.69) is 19.9 Å². The summed E-state index contributed by atoms with van der Waals surface area (Å²) in [7, 11) is 0. The van der Waals surface area contributed by atoms with E-state index in [4.69, 9.17) is 10.5 Å². The van der Waals surface area contributed by atoms with E-state index in [1.54, 1.807) is 13.8 Å². The number of nitrogens with zero attached hydrogens (tertiary/aromatic N) is 5. The number of alkyl halides is 3. The van der Waals surface area contributed by atoms with E-state index in [1.807, 2.05) is 18.2 Å². The number of anilines is 2. The molecule has 0 radical (unpaired) electrons. The predicted molar refractivity (Wildman–Crippen MR) is 126 cm³/mol. The number of ether oxygens (including phenoxy) is 1. The fraction of sp³-hybridized carbons (Fsp3) is 0.240. The highest BCUT2D eigenvalue weighted by molar-refractivity contribution is 6.06. The Balaban J connectivity index is 1.54. The number of amides is 1. The number of rotatable bonds is 4. The Kier molecular flexibility index (Phi) is 5.79. The summed E-state index contributed by atoms with van der Waals surface area (Å²) in [6, 6.07) is 7.51. The number of hydrogen-bond donors (Lipinski definition) is 1. The Bertz CT molecular complexity index is 1490. The lowest BCUT2D eigenvalue weighted by atomic mass is 10.0. The summed E-state index contributed by atoms with van der Waals surface area (Å²) in [5, 5.41) is 0.917. The van der Waals surface area contributed by atoms with Crippen LogP contribution in [-0.4, -0.2) is 25.8 Å². The van der Waals surface area contributed by atoms with Crippen molar-refractivity contribution in [2.75, 3.05) is 10.6 Å². The molecule has 0 atom stereocenters. The van der Waals surface area contributed by atoms with Crippen LogP contribution in [0.25, 0.3) is 10.9 Å². The lowest BCUT2D eigenvalue weighted by Crippen LogP contribution is -2.31. The van der Waals surface area contributed by atoms with E-state index in [-0.39, 0.29) is 12.1 Å². The number of halogens is 3. The topological polar surface area (TPSA) is 107 Å². The van der Waals surface area contributed by atoms with Gasteiger partial charge in [-0.3, -0.25) is 9.78 Å². The summed E-state index contributed by atoms with van der Waals surface area (Å²) in [5.41, 5.74) is 9.31. The van der Waals surface area contributed by atoms with Gasteiger partial charge in [-0.2, -0.15) is 13.2 Å². The fourth-order valence-corrected chi connectivity index (χ4v) is 4.25. The van der Waals surface area contributed by atoms with Crippen molar-refractivity contribution in [1.82, 2.24) is 19.9 Å². The first-order chi connectivity index (χ1) is 17.1. The molecule has 3 aromatic heterocycles. The minimum Gasteiger partial charge on any atom is -0.383 e. The molecule has 4 aromatic rings. The molecule has 5 rings (SSSR count). The minimum absolute atomic E-state index is 0.00102. The van der Waals surface area contributed by atoms with Gasteiger partial charge >= 0.3 is 6.18 Å². The molecule has 2 N–H and O–H groups in total. The van der Waals surface area contributed by atoms with Crippen LogP contribution in [-0.2, 0) is 30.7 Å². The third-order valence-corrected chi connectivity index (χ3v) is 6.05. The monoisotopic (exact) mass is 494 g/mol. The van der Waals surface area contributed by atoms with Crippen molar-refractivity contribution in [3.8, 4) is 0 Å². The van der Waals surface area contributed by atoms with Gasteiger partial charge in [0.05, 0.1) is 48.4 Å². The third-order valence-electron chi connectivity index (χ3n) is 6.05. The van der Waals surface area contributed by atoms with Crippen molar-refractivity contribution in [3.05, 3.63) is 82.2 Å². The molecule has 1 aromatic carbocycles. The van der Waals surface area contributed by atoms with E-state index >= 15 is 0 Å². The molecule has 0 unspecified atom stereocenters. The Hall–Kier alpha value is -4.12. The quantitative estimate of drug-likeness (QED) is 0.445. The van der Waals surface area contributed by atoms with Crippen LogP contribution in [0, 0.1) is 13.8 Å². The molecular formula is C25H21F3N6O2. The van der Waals surface area contributed by atoms with Crippen molar-refractivity contribution in [1.29, 1.82) is 0 Å². The van der Waals surface area contributed by atoms with Crippen molar-refractivity contribution < 1.29 is 22.7 Å². The molecule has 36 heavy (non-hydrogen) atoms. The summed E-state index contributed by atoms with van der Waals surface area (Å²) >= 11 is 0. The maximum absolute atomic E-state index is 13.5. The van der Waals surface area contributed by atoms with E-state index in [0.717, 1.165) is 40.4 Å². The Morgan fingerprint density at radius 1 is 1.06 bits per heavy atom. The normalized spacial score (nSPS) is 13.1. The van der Waals surface area contributed by atoms with E-state index in [9.17, 15) is 18.0 Å². The lowest BCUT2D eigenvalue weighted by molar-refractivity contribution is -0.141. The van der Waals surface area contributed by atoms with Crippen LogP contribution < -0.4 is 10.6 Å². The van der Waals surface area contributed by atoms with Crippen LogP contribution in [0.5, 0.6) is 0 Å². The van der Waals surface area contributed by atoms with Crippen LogP contribution in [0.15, 0.2) is 42.7 Å². The second kappa shape index (κ2) is 8.83. The van der Waals surface area contributed by atoms with Gasteiger partial charge in [-0.25, -0.2) is 15.0 Å². The molecule has 0 saturated heterocycles. The second-order valence-corrected chi connectivity index (χ2v) is 8.51. The molecule has 0 saturated carbocycles. The fourth-order valence-electron chi connectivity index (χ4n) is 4.25. The number of hydrogen-bond acceptors (Lipinski definition) is 7. The van der Waals surface area contributed by atoms with Crippen molar-refractivity contribution >= 4 is 28.3 Å². The first kappa shape index (κ1) is 23.6. The first-order valence-corrected chi connectivity index (χ1v) is 11.0. The number of carbonyl (C=O) groups excluding carboxylic acids is 1. The van der Waals surface area contributed by atoms with Crippen LogP contribution in [0.1, 0.15) is 44.3 Å². The smallest absolute Gasteiger partial charge is 0.383 e. The summed E-state index contributed by atoms with van der Waals surface area (Å²) < 4.78 is 44.4. The molecular weight excluding hydrogens is 473 g/mol. The van der Waals surface area contributed by atoms with Crippen LogP contribution in [0.4, 0.5) is 24.7 Å². The van der Waals surface area contributed by atoms with Crippen LogP contribution >= 0.6 is 0 Å². The van der Waals surface area contributed by atoms with Gasteiger partial charge in [0.2, 0.25) is 0 Å². The number of nitrogens with two attached hydrogens (primary N) is 1. The molecule has 0 spiro atoms. The molecule has 0 fully saturated rings. The van der Waals surface area contributed by atoms with E-state index in [1.165, 1.54) is 11.1 Å². The zero-order chi connectivity index (χ0) is 25.6. The van der Waals surface area contributed by atoms with Crippen molar-refractivity contribution in [2.45, 2.75) is 39.8 Å². The maximum atomic E-state index is 13.5. The van der Waals surface area contributed by atoms with Gasteiger partial charge in [0.15, 0.2) is 0 Å². The summed E-state index contributed by atoms with van der Waals surface area (Å²) in [6.45, 7) is 4.43. The predicted octanol–water partition coefficient (Wildman–Crippen LogP) is 4.51. The van der Waals surface area contributed by atoms with E-state index in [0.29, 0.717) is 41.8 Å². The van der Waals surface area contributed by atoms with Gasteiger partial charge in [-0.1, -0.05) is 12.1 Å². The number of carbonyl (C=O) groups is 1. The molecule has 0 bridgehead atoms. The van der Waals surface area contributed by atoms with Gasteiger partial charge in [0.1, 0.15) is 17.3 Å². The largest absolute Gasteiger partial charge is 0.433 e. The van der Waals surface area contributed by atoms with Gasteiger partial charge in [0.25, 0.3) is 5.91 Å². The highest BCUT2D eigenvalue weighted by Crippen LogP contribution is 2.32. The summed E-state index contributed by atoms with van der Waals surface area (Å²) in [5.74, 6) is 0.390. The molecule has 11 heteroatoms. The number of fused-ring (bicyclic) bond motifs is 3. The highest BCUT2D eigenvalue weighted by atomic mass is 19.4. The second-order valence-electron chi connectivity index (χ2n) is 8.51. The lowest BCUT2D eigenvalue weighted by Gasteiger charge is -2.24. The van der Waals surface area contributed by atoms with Gasteiger partial charge in [-0.05, 0) is 43.2 Å². The molecule has 8 nitrogen and oxygen atoms in total. The zero-order valence-corrected chi connectivity index (χ0v) is 19.4. The van der Waals surface area contributed by atoms with Gasteiger partial charge in [0, 0.05) is 17.1 Å². The number of aromatic nitrogens is 4. The maximum Gasteiger partial charge on any atom is 0.433 e. The zero-order valence-electron chi connectivity index (χ0n) is 19.4. The standard InChI is InChI=1S/C25H21F3N6O2/c1-13-21(9-30-14(2)32-13)34(24(35)16-4-6-22(31-8-16)25(26,27)28)10-15-3-5-17-18-11-36-12-19(18)23(29)33-20(17)7-15/h3-9H,10-12H2,1-2H3,(H2,29,33). The number of aryl methyl sites for hydroxylation is 2. The Labute approximate surface area is 204 Å². The Morgan fingerprint density at radius 2 is 1.83 bits per heavy atom. The van der Waals surface area contributed by atoms with Gasteiger partial charge in [-0.15, -0.1) is 0 Å². The average Bonchev–Trinajstić information content (AvgIpc) is 3.33. The van der Waals surface area contributed by atoms with Gasteiger partial charge < -0.3 is 15.4 Å². The molecule has 184 valence electrons. The minimum atomic E-state index is -4.60. The summed E-state index contributed by atoms with van der Waals surface area (Å²) in [4.78, 5) is 31.4. The van der Waals surface area contributed by atoms with Crippen molar-refractivity contribution in [2.24, 2.45) is 0 Å². The molecule has 1 aliphatic heterocycles. The Morgan fingerprint density at radius 3 is 2.53 bits per heavy atom. The van der Waals surface area contributed by atoms with Crippen LogP contribution in [0.3, 0.4) is 0 Å². The van der Waals surface area contributed by atoms with Crippen molar-refractivity contribution in [3.63, 3.8) is 0 Å². The molecule has 1 aliphatic rings. The molecule has 0 aliphatic carbocycles. The first-order valence-electron chi connectivity index (χ1n) is 11.0. The van der Waals surface area contributed by atoms with Crippen LogP contribution in [0.2, 0.25) is 0 Å². The summed E-state index contributed by atoms with van der Waals surface area (Å²) in [6.07, 6.45) is -2.16.